The average molecular weight is 301 g/mol. The number of hydrogen-bond donors (Lipinski definition) is 0. The summed E-state index contributed by atoms with van der Waals surface area (Å²) in [5.74, 6) is 1.60. The van der Waals surface area contributed by atoms with Gasteiger partial charge in [0.15, 0.2) is 0 Å². The number of benzene rings is 1. The molecule has 0 amide bonds. The van der Waals surface area contributed by atoms with Gasteiger partial charge in [-0.25, -0.2) is 0 Å². The summed E-state index contributed by atoms with van der Waals surface area (Å²) in [7, 11) is 0. The van der Waals surface area contributed by atoms with Crippen LogP contribution in [0.3, 0.4) is 0 Å². The molecule has 1 aliphatic rings. The van der Waals surface area contributed by atoms with Crippen molar-refractivity contribution in [1.29, 1.82) is 5.26 Å². The van der Waals surface area contributed by atoms with Crippen LogP contribution in [-0.2, 0) is 0 Å². The third-order valence-electron chi connectivity index (χ3n) is 3.96. The second kappa shape index (κ2) is 8.77. The molecule has 1 heterocycles. The zero-order chi connectivity index (χ0) is 15.8. The lowest BCUT2D eigenvalue weighted by molar-refractivity contribution is 0.117. The molecule has 0 aliphatic carbocycles. The molecule has 1 aromatic rings. The van der Waals surface area contributed by atoms with Crippen molar-refractivity contribution in [2.45, 2.75) is 20.3 Å². The van der Waals surface area contributed by atoms with E-state index >= 15 is 0 Å². The summed E-state index contributed by atoms with van der Waals surface area (Å²) in [5.41, 5.74) is 0.673. The summed E-state index contributed by atoms with van der Waals surface area (Å²) in [6.07, 6.45) is 1.05. The van der Waals surface area contributed by atoms with Gasteiger partial charge in [0.25, 0.3) is 0 Å². The van der Waals surface area contributed by atoms with Gasteiger partial charge in [0.05, 0.1) is 18.2 Å². The van der Waals surface area contributed by atoms with Crippen molar-refractivity contribution in [2.24, 2.45) is 5.92 Å². The molecule has 1 fully saturated rings. The van der Waals surface area contributed by atoms with E-state index < -0.39 is 0 Å². The van der Waals surface area contributed by atoms with Gasteiger partial charge >= 0.3 is 0 Å². The van der Waals surface area contributed by atoms with E-state index in [2.05, 4.69) is 29.7 Å². The molecule has 1 saturated heterocycles. The van der Waals surface area contributed by atoms with Crippen molar-refractivity contribution >= 4 is 0 Å². The van der Waals surface area contributed by atoms with Gasteiger partial charge in [-0.15, -0.1) is 0 Å². The first kappa shape index (κ1) is 16.8. The van der Waals surface area contributed by atoms with Gasteiger partial charge in [0.2, 0.25) is 0 Å². The maximum atomic E-state index is 8.75. The Morgan fingerprint density at radius 3 is 2.32 bits per heavy atom. The van der Waals surface area contributed by atoms with E-state index in [-0.39, 0.29) is 0 Å². The van der Waals surface area contributed by atoms with E-state index in [1.807, 2.05) is 12.1 Å². The molecule has 0 unspecified atom stereocenters. The number of nitrogens with zero attached hydrogens (tertiary/aromatic N) is 3. The molecule has 22 heavy (non-hydrogen) atoms. The topological polar surface area (TPSA) is 39.5 Å². The minimum Gasteiger partial charge on any atom is -0.494 e. The first-order valence-corrected chi connectivity index (χ1v) is 8.25. The van der Waals surface area contributed by atoms with E-state index in [1.165, 1.54) is 32.7 Å². The summed E-state index contributed by atoms with van der Waals surface area (Å²) in [4.78, 5) is 5.09. The van der Waals surface area contributed by atoms with Crippen LogP contribution in [0.5, 0.6) is 5.75 Å². The fourth-order valence-corrected chi connectivity index (χ4v) is 2.82. The summed E-state index contributed by atoms with van der Waals surface area (Å²) in [6.45, 7) is 12.3. The van der Waals surface area contributed by atoms with Gasteiger partial charge in [-0.2, -0.15) is 5.26 Å². The Morgan fingerprint density at radius 1 is 1.09 bits per heavy atom. The van der Waals surface area contributed by atoms with E-state index in [1.54, 1.807) is 12.1 Å². The number of ether oxygens (including phenoxy) is 1. The third kappa shape index (κ3) is 5.67. The van der Waals surface area contributed by atoms with Crippen LogP contribution >= 0.6 is 0 Å². The Balaban J connectivity index is 1.58. The van der Waals surface area contributed by atoms with Crippen LogP contribution in [0.1, 0.15) is 25.8 Å². The fourth-order valence-electron chi connectivity index (χ4n) is 2.82. The van der Waals surface area contributed by atoms with Crippen molar-refractivity contribution in [2.75, 3.05) is 45.9 Å². The quantitative estimate of drug-likeness (QED) is 0.726. The van der Waals surface area contributed by atoms with Crippen molar-refractivity contribution in [3.8, 4) is 11.8 Å². The minimum absolute atomic E-state index is 0.673. The molecule has 0 spiro atoms. The highest BCUT2D eigenvalue weighted by molar-refractivity contribution is 5.34. The number of piperazine rings is 1. The lowest BCUT2D eigenvalue weighted by Crippen LogP contribution is -2.47. The second-order valence-corrected chi connectivity index (χ2v) is 6.37. The first-order valence-electron chi connectivity index (χ1n) is 8.25. The maximum Gasteiger partial charge on any atom is 0.119 e. The average Bonchev–Trinajstić information content (AvgIpc) is 2.53. The molecular formula is C18H27N3O. The van der Waals surface area contributed by atoms with Crippen LogP contribution in [0.15, 0.2) is 24.3 Å². The van der Waals surface area contributed by atoms with Crippen LogP contribution in [0.2, 0.25) is 0 Å². The predicted molar refractivity (Wildman–Crippen MR) is 89.0 cm³/mol. The van der Waals surface area contributed by atoms with Gasteiger partial charge in [-0.1, -0.05) is 13.8 Å². The van der Waals surface area contributed by atoms with Crippen LogP contribution in [0.4, 0.5) is 0 Å². The molecule has 0 aromatic heterocycles. The van der Waals surface area contributed by atoms with Crippen LogP contribution < -0.4 is 4.74 Å². The predicted octanol–water partition coefficient (Wildman–Crippen LogP) is 2.60. The largest absolute Gasteiger partial charge is 0.494 e. The van der Waals surface area contributed by atoms with Gasteiger partial charge < -0.3 is 14.5 Å². The molecule has 1 aliphatic heterocycles. The van der Waals surface area contributed by atoms with E-state index in [4.69, 9.17) is 10.00 Å². The van der Waals surface area contributed by atoms with Crippen molar-refractivity contribution in [1.82, 2.24) is 9.80 Å². The molecule has 4 nitrogen and oxygen atoms in total. The monoisotopic (exact) mass is 301 g/mol. The number of hydrogen-bond acceptors (Lipinski definition) is 4. The molecule has 0 radical (unpaired) electrons. The molecular weight excluding hydrogens is 274 g/mol. The lowest BCUT2D eigenvalue weighted by Gasteiger charge is -2.35. The normalized spacial score (nSPS) is 16.6. The Morgan fingerprint density at radius 2 is 1.73 bits per heavy atom. The van der Waals surface area contributed by atoms with Crippen LogP contribution in [-0.4, -0.2) is 55.7 Å². The summed E-state index contributed by atoms with van der Waals surface area (Å²) in [6, 6.07) is 9.43. The molecule has 4 heteroatoms. The van der Waals surface area contributed by atoms with E-state index in [0.717, 1.165) is 31.2 Å². The minimum atomic E-state index is 0.673. The third-order valence-corrected chi connectivity index (χ3v) is 3.96. The molecule has 0 saturated carbocycles. The van der Waals surface area contributed by atoms with Crippen LogP contribution in [0.25, 0.3) is 0 Å². The Kier molecular flexibility index (Phi) is 6.70. The zero-order valence-corrected chi connectivity index (χ0v) is 13.8. The van der Waals surface area contributed by atoms with Gasteiger partial charge in [0.1, 0.15) is 5.75 Å². The number of rotatable bonds is 7. The van der Waals surface area contributed by atoms with Gasteiger partial charge in [0, 0.05) is 39.3 Å². The maximum absolute atomic E-state index is 8.75. The zero-order valence-electron chi connectivity index (χ0n) is 13.8. The first-order chi connectivity index (χ1) is 10.7. The van der Waals surface area contributed by atoms with Crippen molar-refractivity contribution < 1.29 is 4.74 Å². The second-order valence-electron chi connectivity index (χ2n) is 6.37. The summed E-state index contributed by atoms with van der Waals surface area (Å²) >= 11 is 0. The SMILES string of the molecule is CC(C)CN1CCN(CCCOc2ccc(C#N)cc2)CC1. The molecule has 0 bridgehead atoms. The summed E-state index contributed by atoms with van der Waals surface area (Å²) in [5, 5.41) is 8.75. The van der Waals surface area contributed by atoms with Crippen molar-refractivity contribution in [3.05, 3.63) is 29.8 Å². The van der Waals surface area contributed by atoms with Gasteiger partial charge in [-0.05, 0) is 36.6 Å². The van der Waals surface area contributed by atoms with E-state index in [9.17, 15) is 0 Å². The fraction of sp³-hybridized carbons (Fsp3) is 0.611. The highest BCUT2D eigenvalue weighted by Gasteiger charge is 2.16. The highest BCUT2D eigenvalue weighted by atomic mass is 16.5. The standard InChI is InChI=1S/C18H27N3O/c1-16(2)15-21-11-9-20(10-12-21)8-3-13-22-18-6-4-17(14-19)5-7-18/h4-7,16H,3,8-13,15H2,1-2H3. The molecule has 0 atom stereocenters. The smallest absolute Gasteiger partial charge is 0.119 e. The molecule has 1 aromatic carbocycles. The van der Waals surface area contributed by atoms with E-state index in [0.29, 0.717) is 5.56 Å². The van der Waals surface area contributed by atoms with Crippen molar-refractivity contribution in [3.63, 3.8) is 0 Å². The summed E-state index contributed by atoms with van der Waals surface area (Å²) < 4.78 is 5.72. The highest BCUT2D eigenvalue weighted by Crippen LogP contribution is 2.12. The Hall–Kier alpha value is -1.57. The Labute approximate surface area is 134 Å². The number of nitriles is 1. The molecule has 2 rings (SSSR count). The van der Waals surface area contributed by atoms with Crippen LogP contribution in [0, 0.1) is 17.2 Å². The lowest BCUT2D eigenvalue weighted by atomic mass is 10.2. The Bertz CT molecular complexity index is 470. The molecule has 120 valence electrons. The molecule has 0 N–H and O–H groups in total. The van der Waals surface area contributed by atoms with Gasteiger partial charge in [-0.3, -0.25) is 0 Å².